The van der Waals surface area contributed by atoms with Crippen LogP contribution in [0.2, 0.25) is 0 Å². The summed E-state index contributed by atoms with van der Waals surface area (Å²) in [5, 5.41) is 8.81. The van der Waals surface area contributed by atoms with Crippen LogP contribution in [0.4, 0.5) is 4.39 Å². The number of benzene rings is 1. The monoisotopic (exact) mass is 452 g/mol. The molecular weight excluding hydrogens is 423 g/mol. The first kappa shape index (κ1) is 21.9. The summed E-state index contributed by atoms with van der Waals surface area (Å²) in [6, 6.07) is 3.79. The largest absolute Gasteiger partial charge is 0.482 e. The zero-order chi connectivity index (χ0) is 22.7. The second kappa shape index (κ2) is 7.83. The normalized spacial score (nSPS) is 42.6. The molecule has 0 radical (unpaired) electrons. The molecule has 0 aromatic heterocycles. The average molecular weight is 452 g/mol. The summed E-state index contributed by atoms with van der Waals surface area (Å²) in [6.07, 6.45) is 2.25. The van der Waals surface area contributed by atoms with Gasteiger partial charge in [0.25, 0.3) is 0 Å². The van der Waals surface area contributed by atoms with Gasteiger partial charge < -0.3 is 24.1 Å². The number of carboxylic acids is 1. The van der Waals surface area contributed by atoms with Gasteiger partial charge in [0.15, 0.2) is 18.5 Å². The van der Waals surface area contributed by atoms with Crippen molar-refractivity contribution in [1.82, 2.24) is 0 Å². The van der Waals surface area contributed by atoms with E-state index in [0.717, 1.165) is 25.3 Å². The number of carboxylic acid groups (broad SMARTS) is 1. The Labute approximate surface area is 185 Å². The fraction of sp³-hybridized carbons (Fsp3) is 0.696. The quantitative estimate of drug-likeness (QED) is 0.673. The van der Waals surface area contributed by atoms with E-state index < -0.39 is 42.4 Å². The van der Waals surface area contributed by atoms with Crippen molar-refractivity contribution in [2.75, 3.05) is 6.61 Å². The van der Waals surface area contributed by atoms with Gasteiger partial charge in [0.05, 0.1) is 0 Å². The van der Waals surface area contributed by atoms with Crippen LogP contribution in [0.15, 0.2) is 18.2 Å². The molecule has 0 unspecified atom stereocenters. The van der Waals surface area contributed by atoms with Crippen molar-refractivity contribution >= 4 is 5.97 Å². The Morgan fingerprint density at radius 1 is 1.16 bits per heavy atom. The molecule has 1 spiro atoms. The molecular formula is C23H29FO8. The Balaban J connectivity index is 1.42. The highest BCUT2D eigenvalue weighted by Gasteiger charge is 2.69. The molecule has 4 heterocycles. The van der Waals surface area contributed by atoms with Crippen LogP contribution >= 0.6 is 0 Å². The fourth-order valence-electron chi connectivity index (χ4n) is 5.97. The van der Waals surface area contributed by atoms with Crippen LogP contribution in [0.3, 0.4) is 0 Å². The number of hydrogen-bond donors (Lipinski definition) is 1. The zero-order valence-electron chi connectivity index (χ0n) is 18.4. The van der Waals surface area contributed by atoms with E-state index in [9.17, 15) is 9.18 Å². The van der Waals surface area contributed by atoms with Gasteiger partial charge in [-0.1, -0.05) is 13.8 Å². The Morgan fingerprint density at radius 3 is 2.72 bits per heavy atom. The molecule has 1 N–H and O–H groups in total. The number of rotatable bonds is 5. The van der Waals surface area contributed by atoms with E-state index in [4.69, 9.17) is 33.8 Å². The average Bonchev–Trinajstić information content (AvgIpc) is 2.96. The molecule has 1 saturated carbocycles. The summed E-state index contributed by atoms with van der Waals surface area (Å²) < 4.78 is 37.9. The lowest BCUT2D eigenvalue weighted by atomic mass is 9.58. The first-order chi connectivity index (χ1) is 15.2. The molecule has 4 saturated heterocycles. The Kier molecular flexibility index (Phi) is 5.35. The van der Waals surface area contributed by atoms with Gasteiger partial charge in [0.1, 0.15) is 17.3 Å². The molecule has 1 aromatic rings. The molecule has 8 nitrogen and oxygen atoms in total. The Morgan fingerprint density at radius 2 is 1.94 bits per heavy atom. The molecule has 5 aliphatic rings. The zero-order valence-corrected chi connectivity index (χ0v) is 18.4. The van der Waals surface area contributed by atoms with Crippen LogP contribution in [-0.4, -0.2) is 41.7 Å². The van der Waals surface area contributed by atoms with Crippen LogP contribution in [0.5, 0.6) is 11.5 Å². The molecule has 176 valence electrons. The van der Waals surface area contributed by atoms with E-state index in [1.165, 1.54) is 12.1 Å². The lowest BCUT2D eigenvalue weighted by Gasteiger charge is -2.60. The highest BCUT2D eigenvalue weighted by molar-refractivity contribution is 5.68. The number of aliphatic carboxylic acids is 1. The third kappa shape index (κ3) is 3.55. The predicted molar refractivity (Wildman–Crippen MR) is 107 cm³/mol. The van der Waals surface area contributed by atoms with E-state index >= 15 is 0 Å². The number of fused-ring (bicyclic) bond motifs is 2. The molecule has 9 heteroatoms. The topological polar surface area (TPSA) is 92.7 Å². The molecule has 2 bridgehead atoms. The van der Waals surface area contributed by atoms with E-state index in [2.05, 4.69) is 6.92 Å². The Bertz CT molecular complexity index is 895. The minimum atomic E-state index is -1.15. The van der Waals surface area contributed by atoms with Crippen molar-refractivity contribution in [2.24, 2.45) is 23.7 Å². The second-order valence-corrected chi connectivity index (χ2v) is 9.70. The third-order valence-electron chi connectivity index (χ3n) is 7.56. The van der Waals surface area contributed by atoms with E-state index in [1.54, 1.807) is 0 Å². The SMILES string of the molecule is C[C@H]1[C@@H](Oc2cc(F)cc(OCC(=O)O)c2)O[C@@H]2O[C@@]3(C)CC[C@H]4[C@H](C)CC[C@@H]1[C@@]24OO3. The van der Waals surface area contributed by atoms with Crippen molar-refractivity contribution in [3.63, 3.8) is 0 Å². The van der Waals surface area contributed by atoms with E-state index in [1.807, 2.05) is 13.8 Å². The third-order valence-corrected chi connectivity index (χ3v) is 7.56. The first-order valence-corrected chi connectivity index (χ1v) is 11.2. The van der Waals surface area contributed by atoms with E-state index in [-0.39, 0.29) is 29.3 Å². The van der Waals surface area contributed by atoms with Crippen LogP contribution in [-0.2, 0) is 24.0 Å². The van der Waals surface area contributed by atoms with Gasteiger partial charge in [-0.3, -0.25) is 0 Å². The lowest BCUT2D eigenvalue weighted by molar-refractivity contribution is -0.575. The van der Waals surface area contributed by atoms with Crippen LogP contribution in [0.25, 0.3) is 0 Å². The summed E-state index contributed by atoms with van der Waals surface area (Å²) in [5.41, 5.74) is -0.704. The number of carbonyl (C=O) groups is 1. The van der Waals surface area contributed by atoms with Gasteiger partial charge in [-0.2, -0.15) is 0 Å². The number of hydrogen-bond acceptors (Lipinski definition) is 7. The van der Waals surface area contributed by atoms with Crippen LogP contribution < -0.4 is 9.47 Å². The summed E-state index contributed by atoms with van der Waals surface area (Å²) in [4.78, 5) is 22.7. The molecule has 5 fully saturated rings. The van der Waals surface area contributed by atoms with Gasteiger partial charge in [-0.05, 0) is 38.0 Å². The van der Waals surface area contributed by atoms with Gasteiger partial charge in [0.2, 0.25) is 12.1 Å². The first-order valence-electron chi connectivity index (χ1n) is 11.2. The summed E-state index contributed by atoms with van der Waals surface area (Å²) in [7, 11) is 0. The number of halogens is 1. The minimum Gasteiger partial charge on any atom is -0.482 e. The van der Waals surface area contributed by atoms with Crippen molar-refractivity contribution in [3.05, 3.63) is 24.0 Å². The lowest BCUT2D eigenvalue weighted by Crippen LogP contribution is -2.70. The second-order valence-electron chi connectivity index (χ2n) is 9.70. The summed E-state index contributed by atoms with van der Waals surface area (Å²) >= 11 is 0. The van der Waals surface area contributed by atoms with Gasteiger partial charge in [-0.25, -0.2) is 19.0 Å². The van der Waals surface area contributed by atoms with E-state index in [0.29, 0.717) is 12.3 Å². The predicted octanol–water partition coefficient (Wildman–Crippen LogP) is 3.88. The summed E-state index contributed by atoms with van der Waals surface area (Å²) in [6.45, 7) is 5.56. The molecule has 0 amide bonds. The maximum atomic E-state index is 14.1. The van der Waals surface area contributed by atoms with Crippen molar-refractivity contribution in [1.29, 1.82) is 0 Å². The standard InChI is InChI=1S/C23H29FO8/c1-12-4-5-18-13(2)20(28-16-9-14(24)8-15(10-16)27-11-19(25)26)29-21-23(18)17(12)6-7-22(3,30-21)31-32-23/h8-10,12-13,17-18,20-21H,4-7,11H2,1-3H3,(H,25,26)/t12-,13-,17+,18+,20+,21-,22-,23-/m1/s1. The maximum absolute atomic E-state index is 14.1. The smallest absolute Gasteiger partial charge is 0.341 e. The van der Waals surface area contributed by atoms with Crippen molar-refractivity contribution in [3.8, 4) is 11.5 Å². The molecule has 1 aromatic carbocycles. The van der Waals surface area contributed by atoms with Crippen molar-refractivity contribution in [2.45, 2.75) is 70.4 Å². The van der Waals surface area contributed by atoms with Crippen molar-refractivity contribution < 1.29 is 43.0 Å². The minimum absolute atomic E-state index is 0.0721. The molecule has 6 rings (SSSR count). The Hall–Kier alpha value is -1.94. The highest BCUT2D eigenvalue weighted by Crippen LogP contribution is 2.60. The fourth-order valence-corrected chi connectivity index (χ4v) is 5.97. The molecule has 8 atom stereocenters. The summed E-state index contributed by atoms with van der Waals surface area (Å²) in [5.74, 6) is -1.68. The van der Waals surface area contributed by atoms with Gasteiger partial charge in [0, 0.05) is 36.5 Å². The van der Waals surface area contributed by atoms with Crippen LogP contribution in [0, 0.1) is 29.5 Å². The molecule has 1 aliphatic carbocycles. The van der Waals surface area contributed by atoms with Gasteiger partial charge >= 0.3 is 5.97 Å². The molecule has 32 heavy (non-hydrogen) atoms. The van der Waals surface area contributed by atoms with Gasteiger partial charge in [-0.15, -0.1) is 0 Å². The maximum Gasteiger partial charge on any atom is 0.341 e. The van der Waals surface area contributed by atoms with Crippen LogP contribution in [0.1, 0.15) is 46.5 Å². The highest BCUT2D eigenvalue weighted by atomic mass is 19.1. The molecule has 4 aliphatic heterocycles. The number of ether oxygens (including phenoxy) is 4.